The summed E-state index contributed by atoms with van der Waals surface area (Å²) in [6.07, 6.45) is 3.26. The molecule has 31 heavy (non-hydrogen) atoms. The number of hydroxylamine groups is 2. The number of carbonyl (C=O) groups is 3. The predicted octanol–water partition coefficient (Wildman–Crippen LogP) is 2.93. The third-order valence-corrected chi connectivity index (χ3v) is 6.49. The fourth-order valence-electron chi connectivity index (χ4n) is 3.97. The van der Waals surface area contributed by atoms with Gasteiger partial charge in [-0.3, -0.25) is 9.63 Å². The Bertz CT molecular complexity index is 681. The molecule has 0 saturated carbocycles. The number of carbonyl (C=O) groups excluding carboxylic acids is 3. The highest BCUT2D eigenvalue weighted by Gasteiger charge is 2.55. The number of rotatable bonds is 11. The number of esters is 2. The lowest BCUT2D eigenvalue weighted by Gasteiger charge is -2.59. The molecule has 0 spiro atoms. The number of piperidine rings is 1. The fraction of sp³-hybridized carbons (Fsp3) is 0.696. The zero-order valence-electron chi connectivity index (χ0n) is 19.7. The molecular weight excluding hydrogens is 400 g/mol. The van der Waals surface area contributed by atoms with Crippen molar-refractivity contribution >= 4 is 17.8 Å². The second-order valence-corrected chi connectivity index (χ2v) is 8.44. The molecule has 0 aliphatic carbocycles. The van der Waals surface area contributed by atoms with Gasteiger partial charge in [-0.15, -0.1) is 0 Å². The van der Waals surface area contributed by atoms with Gasteiger partial charge in [0.05, 0.1) is 6.54 Å². The first-order valence-corrected chi connectivity index (χ1v) is 10.9. The van der Waals surface area contributed by atoms with Crippen molar-refractivity contribution in [2.75, 3.05) is 13.2 Å². The van der Waals surface area contributed by atoms with Crippen LogP contribution < -0.4 is 5.32 Å². The molecule has 0 aromatic rings. The Morgan fingerprint density at radius 1 is 1.16 bits per heavy atom. The molecule has 1 N–H and O–H groups in total. The van der Waals surface area contributed by atoms with Crippen molar-refractivity contribution in [3.63, 3.8) is 0 Å². The maximum Gasteiger partial charge on any atom is 0.330 e. The van der Waals surface area contributed by atoms with E-state index in [4.69, 9.17) is 14.3 Å². The Hall–Kier alpha value is -2.19. The van der Waals surface area contributed by atoms with Gasteiger partial charge in [-0.2, -0.15) is 5.06 Å². The van der Waals surface area contributed by atoms with E-state index in [9.17, 15) is 14.4 Å². The first-order chi connectivity index (χ1) is 14.5. The van der Waals surface area contributed by atoms with Gasteiger partial charge < -0.3 is 14.8 Å². The van der Waals surface area contributed by atoms with Crippen molar-refractivity contribution in [3.8, 4) is 0 Å². The molecule has 1 saturated heterocycles. The molecule has 1 rings (SSSR count). The van der Waals surface area contributed by atoms with Crippen LogP contribution in [0.2, 0.25) is 0 Å². The largest absolute Gasteiger partial charge is 0.461 e. The summed E-state index contributed by atoms with van der Waals surface area (Å²) in [4.78, 5) is 41.8. The van der Waals surface area contributed by atoms with E-state index < -0.39 is 29.1 Å². The third kappa shape index (κ3) is 6.40. The summed E-state index contributed by atoms with van der Waals surface area (Å²) in [5.74, 6) is -1.31. The summed E-state index contributed by atoms with van der Waals surface area (Å²) in [6, 6.07) is 0. The standard InChI is InChI=1S/C23H38N2O6/c1-9-19(26)29-14-13-24-21(28)17(6)31-25-22(7,11-3)15-18(30-20(27)10-2)16(5)23(25,8)12-4/h9-10,16-18H,1-2,11-15H2,3-8H3,(H,24,28). The van der Waals surface area contributed by atoms with Crippen molar-refractivity contribution in [2.45, 2.75) is 84.1 Å². The molecule has 1 amide bonds. The van der Waals surface area contributed by atoms with Gasteiger partial charge in [0.25, 0.3) is 5.91 Å². The van der Waals surface area contributed by atoms with Crippen LogP contribution in [0.15, 0.2) is 25.3 Å². The molecule has 0 aromatic heterocycles. The highest BCUT2D eigenvalue weighted by atomic mass is 16.7. The van der Waals surface area contributed by atoms with Gasteiger partial charge in [0.1, 0.15) is 12.7 Å². The zero-order valence-corrected chi connectivity index (χ0v) is 19.7. The quantitative estimate of drug-likeness (QED) is 0.301. The molecule has 1 heterocycles. The number of nitrogens with one attached hydrogen (secondary N) is 1. The summed E-state index contributed by atoms with van der Waals surface area (Å²) in [5, 5.41) is 4.65. The lowest BCUT2D eigenvalue weighted by atomic mass is 9.69. The molecular formula is C23H38N2O6. The van der Waals surface area contributed by atoms with Crippen LogP contribution >= 0.6 is 0 Å². The van der Waals surface area contributed by atoms with E-state index in [-0.39, 0.29) is 31.1 Å². The van der Waals surface area contributed by atoms with Crippen molar-refractivity contribution in [1.29, 1.82) is 0 Å². The van der Waals surface area contributed by atoms with Crippen LogP contribution in [0.1, 0.15) is 60.8 Å². The Morgan fingerprint density at radius 3 is 2.29 bits per heavy atom. The minimum Gasteiger partial charge on any atom is -0.461 e. The van der Waals surface area contributed by atoms with Crippen LogP contribution in [-0.2, 0) is 28.7 Å². The Morgan fingerprint density at radius 2 is 1.77 bits per heavy atom. The summed E-state index contributed by atoms with van der Waals surface area (Å²) >= 11 is 0. The smallest absolute Gasteiger partial charge is 0.330 e. The van der Waals surface area contributed by atoms with Gasteiger partial charge >= 0.3 is 11.9 Å². The normalized spacial score (nSPS) is 29.5. The van der Waals surface area contributed by atoms with Crippen molar-refractivity contribution in [3.05, 3.63) is 25.3 Å². The fourth-order valence-corrected chi connectivity index (χ4v) is 3.97. The SMILES string of the molecule is C=CC(=O)OCCNC(=O)C(C)ON1C(C)(CC)CC(OC(=O)C=C)C(C)C1(C)CC. The Balaban J connectivity index is 2.95. The van der Waals surface area contributed by atoms with E-state index in [0.29, 0.717) is 6.42 Å². The molecule has 1 aliphatic heterocycles. The second kappa shape index (κ2) is 11.4. The molecule has 1 aliphatic rings. The third-order valence-electron chi connectivity index (χ3n) is 6.49. The monoisotopic (exact) mass is 438 g/mol. The number of hydrogen-bond acceptors (Lipinski definition) is 7. The van der Waals surface area contributed by atoms with E-state index in [2.05, 4.69) is 39.2 Å². The zero-order chi connectivity index (χ0) is 23.8. The molecule has 8 heteroatoms. The molecule has 1 fully saturated rings. The van der Waals surface area contributed by atoms with Gasteiger partial charge in [-0.25, -0.2) is 9.59 Å². The second-order valence-electron chi connectivity index (χ2n) is 8.44. The van der Waals surface area contributed by atoms with E-state index in [0.717, 1.165) is 18.9 Å². The maximum atomic E-state index is 12.6. The number of ether oxygens (including phenoxy) is 2. The predicted molar refractivity (Wildman–Crippen MR) is 118 cm³/mol. The molecule has 5 atom stereocenters. The van der Waals surface area contributed by atoms with E-state index in [1.54, 1.807) is 6.92 Å². The average molecular weight is 439 g/mol. The summed E-state index contributed by atoms with van der Waals surface area (Å²) in [7, 11) is 0. The van der Waals surface area contributed by atoms with Crippen LogP contribution in [0.25, 0.3) is 0 Å². The maximum absolute atomic E-state index is 12.6. The first kappa shape index (κ1) is 26.8. The molecule has 176 valence electrons. The minimum absolute atomic E-state index is 0.0328. The number of nitrogens with zero attached hydrogens (tertiary/aromatic N) is 1. The van der Waals surface area contributed by atoms with Crippen LogP contribution in [-0.4, -0.2) is 59.3 Å². The van der Waals surface area contributed by atoms with Crippen molar-refractivity contribution in [2.24, 2.45) is 5.92 Å². The van der Waals surface area contributed by atoms with Crippen molar-refractivity contribution < 1.29 is 28.7 Å². The van der Waals surface area contributed by atoms with Crippen molar-refractivity contribution in [1.82, 2.24) is 10.4 Å². The van der Waals surface area contributed by atoms with Crippen LogP contribution in [0.5, 0.6) is 0 Å². The minimum atomic E-state index is -0.758. The van der Waals surface area contributed by atoms with Gasteiger partial charge in [0.2, 0.25) is 0 Å². The number of hydrogen-bond donors (Lipinski definition) is 1. The van der Waals surface area contributed by atoms with Gasteiger partial charge in [-0.1, -0.05) is 33.9 Å². The summed E-state index contributed by atoms with van der Waals surface area (Å²) in [5.41, 5.74) is -0.916. The van der Waals surface area contributed by atoms with Gasteiger partial charge in [0, 0.05) is 35.6 Å². The topological polar surface area (TPSA) is 94.2 Å². The molecule has 0 bridgehead atoms. The molecule has 0 radical (unpaired) electrons. The van der Waals surface area contributed by atoms with Crippen LogP contribution in [0.3, 0.4) is 0 Å². The molecule has 5 unspecified atom stereocenters. The van der Waals surface area contributed by atoms with E-state index in [1.165, 1.54) is 6.08 Å². The molecule has 0 aromatic carbocycles. The summed E-state index contributed by atoms with van der Waals surface area (Å²) < 4.78 is 10.5. The van der Waals surface area contributed by atoms with E-state index >= 15 is 0 Å². The van der Waals surface area contributed by atoms with Gasteiger partial charge in [0.15, 0.2) is 6.10 Å². The number of amides is 1. The lowest BCUT2D eigenvalue weighted by Crippen LogP contribution is -2.68. The summed E-state index contributed by atoms with van der Waals surface area (Å²) in [6.45, 7) is 19.0. The Labute approximate surface area is 185 Å². The highest BCUT2D eigenvalue weighted by Crippen LogP contribution is 2.47. The van der Waals surface area contributed by atoms with Crippen LogP contribution in [0.4, 0.5) is 0 Å². The van der Waals surface area contributed by atoms with Crippen LogP contribution in [0, 0.1) is 5.92 Å². The molecule has 8 nitrogen and oxygen atoms in total. The highest BCUT2D eigenvalue weighted by molar-refractivity contribution is 5.82. The first-order valence-electron chi connectivity index (χ1n) is 10.9. The Kier molecular flexibility index (Phi) is 9.90. The van der Waals surface area contributed by atoms with Gasteiger partial charge in [-0.05, 0) is 33.6 Å². The average Bonchev–Trinajstić information content (AvgIpc) is 2.76. The lowest BCUT2D eigenvalue weighted by molar-refractivity contribution is -0.329. The van der Waals surface area contributed by atoms with E-state index in [1.807, 2.05) is 18.9 Å².